The van der Waals surface area contributed by atoms with Crippen molar-refractivity contribution in [1.29, 1.82) is 0 Å². The SMILES string of the molecule is CCOc1ccccc1Nc1ncnc(OC2CCCCC2)c1N. The maximum absolute atomic E-state index is 6.22. The summed E-state index contributed by atoms with van der Waals surface area (Å²) in [5.74, 6) is 1.74. The van der Waals surface area contributed by atoms with Gasteiger partial charge in [-0.05, 0) is 44.7 Å². The van der Waals surface area contributed by atoms with E-state index in [1.165, 1.54) is 25.6 Å². The summed E-state index contributed by atoms with van der Waals surface area (Å²) in [6, 6.07) is 7.69. The molecule has 2 aromatic rings. The molecule has 0 saturated heterocycles. The molecule has 1 aromatic heterocycles. The Kier molecular flexibility index (Phi) is 5.36. The van der Waals surface area contributed by atoms with Gasteiger partial charge in [0, 0.05) is 0 Å². The van der Waals surface area contributed by atoms with Crippen LogP contribution in [0.15, 0.2) is 30.6 Å². The van der Waals surface area contributed by atoms with Crippen LogP contribution in [0.25, 0.3) is 0 Å². The second kappa shape index (κ2) is 7.86. The van der Waals surface area contributed by atoms with E-state index in [0.717, 1.165) is 24.3 Å². The topological polar surface area (TPSA) is 82.3 Å². The van der Waals surface area contributed by atoms with Crippen LogP contribution in [0.2, 0.25) is 0 Å². The lowest BCUT2D eigenvalue weighted by atomic mass is 9.98. The molecule has 6 heteroatoms. The van der Waals surface area contributed by atoms with Gasteiger partial charge in [-0.1, -0.05) is 18.6 Å². The maximum atomic E-state index is 6.22. The number of nitrogens with zero attached hydrogens (tertiary/aromatic N) is 2. The predicted molar refractivity (Wildman–Crippen MR) is 94.8 cm³/mol. The van der Waals surface area contributed by atoms with Crippen LogP contribution in [0.1, 0.15) is 39.0 Å². The third-order valence-electron chi connectivity index (χ3n) is 4.12. The number of nitrogens with one attached hydrogen (secondary N) is 1. The smallest absolute Gasteiger partial charge is 0.242 e. The Balaban J connectivity index is 1.78. The zero-order valence-electron chi connectivity index (χ0n) is 14.0. The van der Waals surface area contributed by atoms with E-state index in [9.17, 15) is 0 Å². The lowest BCUT2D eigenvalue weighted by Crippen LogP contribution is -2.21. The van der Waals surface area contributed by atoms with E-state index >= 15 is 0 Å². The molecule has 0 atom stereocenters. The standard InChI is InChI=1S/C18H24N4O2/c1-2-23-15-11-7-6-10-14(15)22-17-16(19)18(21-12-20-17)24-13-8-4-3-5-9-13/h6-7,10-13H,2-5,8-9,19H2,1H3,(H,20,21,22). The van der Waals surface area contributed by atoms with Gasteiger partial charge in [0.1, 0.15) is 23.9 Å². The summed E-state index contributed by atoms with van der Waals surface area (Å²) in [5, 5.41) is 3.22. The molecule has 0 unspecified atom stereocenters. The molecule has 1 aromatic carbocycles. The number of hydrogen-bond acceptors (Lipinski definition) is 6. The number of para-hydroxylation sites is 2. The average Bonchev–Trinajstić information content (AvgIpc) is 2.61. The monoisotopic (exact) mass is 328 g/mol. The zero-order chi connectivity index (χ0) is 16.8. The molecule has 0 spiro atoms. The predicted octanol–water partition coefficient (Wildman–Crippen LogP) is 3.91. The summed E-state index contributed by atoms with van der Waals surface area (Å²) in [6.07, 6.45) is 7.45. The fourth-order valence-corrected chi connectivity index (χ4v) is 2.89. The molecule has 1 aliphatic rings. The Morgan fingerprint density at radius 2 is 1.96 bits per heavy atom. The average molecular weight is 328 g/mol. The summed E-state index contributed by atoms with van der Waals surface area (Å²) in [7, 11) is 0. The number of nitrogen functional groups attached to an aromatic ring is 1. The van der Waals surface area contributed by atoms with Crippen molar-refractivity contribution < 1.29 is 9.47 Å². The number of aromatic nitrogens is 2. The van der Waals surface area contributed by atoms with Crippen molar-refractivity contribution >= 4 is 17.2 Å². The lowest BCUT2D eigenvalue weighted by Gasteiger charge is -2.23. The normalized spacial score (nSPS) is 15.0. The van der Waals surface area contributed by atoms with Crippen molar-refractivity contribution in [2.45, 2.75) is 45.1 Å². The van der Waals surface area contributed by atoms with Gasteiger partial charge in [0.2, 0.25) is 5.88 Å². The number of benzene rings is 1. The van der Waals surface area contributed by atoms with Crippen molar-refractivity contribution in [1.82, 2.24) is 9.97 Å². The third kappa shape index (κ3) is 3.88. The van der Waals surface area contributed by atoms with Gasteiger partial charge in [-0.3, -0.25) is 0 Å². The molecule has 3 N–H and O–H groups in total. The van der Waals surface area contributed by atoms with E-state index in [-0.39, 0.29) is 6.10 Å². The van der Waals surface area contributed by atoms with Crippen LogP contribution in [0.4, 0.5) is 17.2 Å². The van der Waals surface area contributed by atoms with Gasteiger partial charge in [0.05, 0.1) is 12.3 Å². The summed E-state index contributed by atoms with van der Waals surface area (Å²) < 4.78 is 11.6. The first-order valence-corrected chi connectivity index (χ1v) is 8.54. The third-order valence-corrected chi connectivity index (χ3v) is 4.12. The number of nitrogens with two attached hydrogens (primary N) is 1. The van der Waals surface area contributed by atoms with Gasteiger partial charge >= 0.3 is 0 Å². The zero-order valence-corrected chi connectivity index (χ0v) is 14.0. The minimum Gasteiger partial charge on any atom is -0.492 e. The van der Waals surface area contributed by atoms with Gasteiger partial charge in [0.25, 0.3) is 0 Å². The fraction of sp³-hybridized carbons (Fsp3) is 0.444. The summed E-state index contributed by atoms with van der Waals surface area (Å²) >= 11 is 0. The minimum absolute atomic E-state index is 0.194. The van der Waals surface area contributed by atoms with Crippen molar-refractivity contribution in [2.75, 3.05) is 17.7 Å². The molecule has 6 nitrogen and oxygen atoms in total. The molecule has 1 saturated carbocycles. The van der Waals surface area contributed by atoms with Crippen LogP contribution in [0.5, 0.6) is 11.6 Å². The van der Waals surface area contributed by atoms with E-state index in [2.05, 4.69) is 15.3 Å². The minimum atomic E-state index is 0.194. The molecular formula is C18H24N4O2. The first-order chi connectivity index (χ1) is 11.8. The number of hydrogen-bond donors (Lipinski definition) is 2. The van der Waals surface area contributed by atoms with Crippen molar-refractivity contribution in [3.05, 3.63) is 30.6 Å². The van der Waals surface area contributed by atoms with E-state index in [1.54, 1.807) is 0 Å². The maximum Gasteiger partial charge on any atom is 0.242 e. The van der Waals surface area contributed by atoms with Gasteiger partial charge in [-0.2, -0.15) is 4.98 Å². The fourth-order valence-electron chi connectivity index (χ4n) is 2.89. The Hall–Kier alpha value is -2.50. The van der Waals surface area contributed by atoms with E-state index in [4.69, 9.17) is 15.2 Å². The molecule has 1 heterocycles. The Morgan fingerprint density at radius 3 is 2.75 bits per heavy atom. The molecular weight excluding hydrogens is 304 g/mol. The summed E-state index contributed by atoms with van der Waals surface area (Å²) in [6.45, 7) is 2.54. The highest BCUT2D eigenvalue weighted by Crippen LogP contribution is 2.33. The Morgan fingerprint density at radius 1 is 1.17 bits per heavy atom. The second-order valence-corrected chi connectivity index (χ2v) is 5.87. The van der Waals surface area contributed by atoms with Gasteiger partial charge in [-0.15, -0.1) is 0 Å². The van der Waals surface area contributed by atoms with Crippen molar-refractivity contribution in [3.8, 4) is 11.6 Å². The van der Waals surface area contributed by atoms with Gasteiger partial charge in [0.15, 0.2) is 5.82 Å². The molecule has 0 aliphatic heterocycles. The summed E-state index contributed by atoms with van der Waals surface area (Å²) in [4.78, 5) is 8.45. The van der Waals surface area contributed by atoms with E-state index < -0.39 is 0 Å². The Bertz CT molecular complexity index is 672. The molecule has 1 fully saturated rings. The largest absolute Gasteiger partial charge is 0.492 e. The van der Waals surface area contributed by atoms with Crippen LogP contribution in [-0.4, -0.2) is 22.7 Å². The highest BCUT2D eigenvalue weighted by atomic mass is 16.5. The number of rotatable bonds is 6. The van der Waals surface area contributed by atoms with Crippen LogP contribution in [0.3, 0.4) is 0 Å². The molecule has 1 aliphatic carbocycles. The number of ether oxygens (including phenoxy) is 2. The molecule has 3 rings (SSSR count). The molecule has 0 amide bonds. The molecule has 0 radical (unpaired) electrons. The first-order valence-electron chi connectivity index (χ1n) is 8.54. The highest BCUT2D eigenvalue weighted by Gasteiger charge is 2.18. The number of anilines is 3. The van der Waals surface area contributed by atoms with E-state index in [1.807, 2.05) is 31.2 Å². The van der Waals surface area contributed by atoms with Crippen LogP contribution >= 0.6 is 0 Å². The first kappa shape index (κ1) is 16.4. The molecule has 24 heavy (non-hydrogen) atoms. The quantitative estimate of drug-likeness (QED) is 0.836. The Labute approximate surface area is 142 Å². The lowest BCUT2D eigenvalue weighted by molar-refractivity contribution is 0.149. The van der Waals surface area contributed by atoms with Crippen molar-refractivity contribution in [3.63, 3.8) is 0 Å². The van der Waals surface area contributed by atoms with Crippen LogP contribution in [-0.2, 0) is 0 Å². The summed E-state index contributed by atoms with van der Waals surface area (Å²) in [5.41, 5.74) is 7.46. The van der Waals surface area contributed by atoms with Gasteiger partial charge in [-0.25, -0.2) is 4.98 Å². The highest BCUT2D eigenvalue weighted by molar-refractivity contribution is 5.74. The van der Waals surface area contributed by atoms with Gasteiger partial charge < -0.3 is 20.5 Å². The van der Waals surface area contributed by atoms with Crippen molar-refractivity contribution in [2.24, 2.45) is 0 Å². The van der Waals surface area contributed by atoms with Crippen LogP contribution in [0, 0.1) is 0 Å². The van der Waals surface area contributed by atoms with E-state index in [0.29, 0.717) is 24.0 Å². The second-order valence-electron chi connectivity index (χ2n) is 5.87. The van der Waals surface area contributed by atoms with Crippen LogP contribution < -0.4 is 20.5 Å². The molecule has 128 valence electrons. The molecule has 0 bridgehead atoms.